The normalized spacial score (nSPS) is 12.8. The fraction of sp³-hybridized carbons (Fsp3) is 0.610. The van der Waals surface area contributed by atoms with E-state index in [0.29, 0.717) is 24.3 Å². The minimum atomic E-state index is -0.169. The second kappa shape index (κ2) is 21.8. The second-order valence-electron chi connectivity index (χ2n) is 13.7. The Morgan fingerprint density at radius 2 is 1.02 bits per heavy atom. The molecule has 49 heavy (non-hydrogen) atoms. The maximum absolute atomic E-state index is 14.1. The number of amides is 2. The lowest BCUT2D eigenvalue weighted by Crippen LogP contribution is -2.30. The van der Waals surface area contributed by atoms with Gasteiger partial charge in [-0.3, -0.25) is 14.5 Å². The topological polar surface area (TPSA) is 46.6 Å². The molecule has 270 valence electrons. The SMILES string of the molecule is CCCCCCCCCCCCOc1cc(-c2ccc(-c3cc(C)c(Br)s3)c3c2C(=O)N(CCCCCCCCCCCC)C3=O)sc1Br. The second-order valence-corrected chi connectivity index (χ2v) is 18.4. The lowest BCUT2D eigenvalue weighted by molar-refractivity contribution is 0.0652. The average molecular weight is 836 g/mol. The molecule has 3 heterocycles. The summed E-state index contributed by atoms with van der Waals surface area (Å²) in [6.45, 7) is 7.73. The van der Waals surface area contributed by atoms with Crippen molar-refractivity contribution in [1.29, 1.82) is 0 Å². The van der Waals surface area contributed by atoms with E-state index in [-0.39, 0.29) is 11.8 Å². The van der Waals surface area contributed by atoms with Crippen molar-refractivity contribution in [3.05, 3.63) is 48.5 Å². The fourth-order valence-corrected chi connectivity index (χ4v) is 9.90. The van der Waals surface area contributed by atoms with Crippen LogP contribution in [0, 0.1) is 6.92 Å². The first-order chi connectivity index (χ1) is 23.9. The molecule has 1 aromatic carbocycles. The van der Waals surface area contributed by atoms with E-state index < -0.39 is 0 Å². The van der Waals surface area contributed by atoms with E-state index in [0.717, 1.165) is 65.5 Å². The number of benzene rings is 1. The van der Waals surface area contributed by atoms with Crippen LogP contribution in [-0.4, -0.2) is 29.9 Å². The first-order valence-corrected chi connectivity index (χ1v) is 22.3. The maximum Gasteiger partial charge on any atom is 0.262 e. The van der Waals surface area contributed by atoms with Gasteiger partial charge < -0.3 is 4.74 Å². The number of nitrogens with zero attached hydrogens (tertiary/aromatic N) is 1. The molecule has 0 saturated carbocycles. The molecule has 0 atom stereocenters. The summed E-state index contributed by atoms with van der Waals surface area (Å²) in [5.74, 6) is 0.478. The van der Waals surface area contributed by atoms with Crippen LogP contribution in [0.2, 0.25) is 0 Å². The minimum Gasteiger partial charge on any atom is -0.491 e. The summed E-state index contributed by atoms with van der Waals surface area (Å²) in [4.78, 5) is 31.6. The smallest absolute Gasteiger partial charge is 0.262 e. The number of ether oxygens (including phenoxy) is 1. The van der Waals surface area contributed by atoms with Crippen LogP contribution < -0.4 is 4.74 Å². The number of imide groups is 1. The number of halogens is 2. The maximum atomic E-state index is 14.1. The number of fused-ring (bicyclic) bond motifs is 1. The van der Waals surface area contributed by atoms with Gasteiger partial charge in [0.05, 0.1) is 21.5 Å². The van der Waals surface area contributed by atoms with E-state index in [4.69, 9.17) is 4.74 Å². The summed E-state index contributed by atoms with van der Waals surface area (Å²) >= 11 is 10.6. The quantitative estimate of drug-likeness (QED) is 0.0631. The highest BCUT2D eigenvalue weighted by Gasteiger charge is 2.40. The third-order valence-electron chi connectivity index (χ3n) is 9.66. The zero-order chi connectivity index (χ0) is 35.0. The van der Waals surface area contributed by atoms with Crippen molar-refractivity contribution in [1.82, 2.24) is 4.90 Å². The molecule has 0 N–H and O–H groups in total. The number of aryl methyl sites for hydroxylation is 1. The zero-order valence-corrected chi connectivity index (χ0v) is 34.9. The number of unbranched alkanes of at least 4 members (excludes halogenated alkanes) is 18. The van der Waals surface area contributed by atoms with E-state index in [1.54, 1.807) is 22.7 Å². The Labute approximate surface area is 321 Å². The molecule has 2 amide bonds. The van der Waals surface area contributed by atoms with Gasteiger partial charge in [0.2, 0.25) is 0 Å². The van der Waals surface area contributed by atoms with Crippen molar-refractivity contribution in [2.45, 2.75) is 149 Å². The highest BCUT2D eigenvalue weighted by atomic mass is 79.9. The lowest BCUT2D eigenvalue weighted by atomic mass is 9.95. The van der Waals surface area contributed by atoms with Gasteiger partial charge in [-0.2, -0.15) is 0 Å². The molecule has 0 radical (unpaired) electrons. The van der Waals surface area contributed by atoms with Crippen LogP contribution in [0.1, 0.15) is 169 Å². The molecule has 4 nitrogen and oxygen atoms in total. The van der Waals surface area contributed by atoms with Crippen LogP contribution in [0.4, 0.5) is 0 Å². The molecule has 1 aliphatic heterocycles. The van der Waals surface area contributed by atoms with Crippen LogP contribution in [0.3, 0.4) is 0 Å². The van der Waals surface area contributed by atoms with Crippen molar-refractivity contribution in [3.8, 4) is 26.6 Å². The largest absolute Gasteiger partial charge is 0.491 e. The van der Waals surface area contributed by atoms with E-state index >= 15 is 0 Å². The summed E-state index contributed by atoms with van der Waals surface area (Å²) in [7, 11) is 0. The van der Waals surface area contributed by atoms with Crippen molar-refractivity contribution in [2.75, 3.05) is 13.2 Å². The molecule has 8 heteroatoms. The molecule has 0 unspecified atom stereocenters. The van der Waals surface area contributed by atoms with E-state index in [1.807, 2.05) is 18.2 Å². The van der Waals surface area contributed by atoms with Gasteiger partial charge in [0.15, 0.2) is 0 Å². The van der Waals surface area contributed by atoms with Gasteiger partial charge >= 0.3 is 0 Å². The first kappa shape index (κ1) is 40.3. The summed E-state index contributed by atoms with van der Waals surface area (Å²) in [6.07, 6.45) is 25.1. The monoisotopic (exact) mass is 833 g/mol. The van der Waals surface area contributed by atoms with Crippen LogP contribution in [0.25, 0.3) is 20.9 Å². The molecule has 0 fully saturated rings. The first-order valence-electron chi connectivity index (χ1n) is 19.1. The summed E-state index contributed by atoms with van der Waals surface area (Å²) in [5.41, 5.74) is 3.86. The molecular formula is C41H57Br2NO3S2. The highest BCUT2D eigenvalue weighted by molar-refractivity contribution is 9.11. The van der Waals surface area contributed by atoms with Crippen molar-refractivity contribution in [3.63, 3.8) is 0 Å². The summed E-state index contributed by atoms with van der Waals surface area (Å²) < 4.78 is 8.19. The van der Waals surface area contributed by atoms with Crippen LogP contribution in [-0.2, 0) is 0 Å². The fourth-order valence-electron chi connectivity index (χ4n) is 6.73. The molecule has 2 aromatic heterocycles. The number of carbonyl (C=O) groups is 2. The van der Waals surface area contributed by atoms with Crippen LogP contribution in [0.15, 0.2) is 31.8 Å². The summed E-state index contributed by atoms with van der Waals surface area (Å²) in [5, 5.41) is 0. The molecule has 3 aromatic rings. The number of hydrogen-bond donors (Lipinski definition) is 0. The Kier molecular flexibility index (Phi) is 17.9. The minimum absolute atomic E-state index is 0.164. The predicted octanol–water partition coefficient (Wildman–Crippen LogP) is 14.8. The standard InChI is InChI=1S/C41H57Br2NO3S2/c1-4-6-8-10-12-14-16-18-20-22-26-44-40(45)36-31(34-28-30(3)38(42)48-34)24-25-32(37(36)41(44)46)35-29-33(39(43)49-35)47-27-23-21-19-17-15-13-11-9-7-5-2/h24-25,28-29H,4-23,26-27H2,1-3H3. The van der Waals surface area contributed by atoms with Gasteiger partial charge in [0.1, 0.15) is 9.54 Å². The van der Waals surface area contributed by atoms with E-state index in [1.165, 1.54) is 108 Å². The number of thiophene rings is 2. The van der Waals surface area contributed by atoms with Gasteiger partial charge in [-0.25, -0.2) is 0 Å². The molecular weight excluding hydrogens is 778 g/mol. The van der Waals surface area contributed by atoms with Crippen LogP contribution in [0.5, 0.6) is 5.75 Å². The van der Waals surface area contributed by atoms with E-state index in [2.05, 4.69) is 58.7 Å². The molecule has 1 aliphatic rings. The predicted molar refractivity (Wildman–Crippen MR) is 218 cm³/mol. The van der Waals surface area contributed by atoms with Gasteiger partial charge in [-0.1, -0.05) is 142 Å². The van der Waals surface area contributed by atoms with Crippen molar-refractivity contribution >= 4 is 66.3 Å². The molecule has 0 saturated heterocycles. The number of carbonyl (C=O) groups excluding carboxylic acids is 2. The highest BCUT2D eigenvalue weighted by Crippen LogP contribution is 2.46. The molecule has 4 rings (SSSR count). The van der Waals surface area contributed by atoms with Gasteiger partial charge in [0, 0.05) is 33.5 Å². The Morgan fingerprint density at radius 3 is 1.49 bits per heavy atom. The summed E-state index contributed by atoms with van der Waals surface area (Å²) in [6, 6.07) is 8.19. The number of hydrogen-bond acceptors (Lipinski definition) is 5. The van der Waals surface area contributed by atoms with E-state index in [9.17, 15) is 9.59 Å². The third kappa shape index (κ3) is 11.8. The lowest BCUT2D eigenvalue weighted by Gasteiger charge is -2.13. The Bertz CT molecular complexity index is 1460. The Balaban J connectivity index is 1.39. The Morgan fingerprint density at radius 1 is 0.592 bits per heavy atom. The third-order valence-corrected chi connectivity index (χ3v) is 13.6. The Hall–Kier alpha value is -1.48. The number of rotatable bonds is 25. The molecule has 0 spiro atoms. The average Bonchev–Trinajstić information content (AvgIpc) is 3.72. The van der Waals surface area contributed by atoms with Gasteiger partial charge in [0.25, 0.3) is 11.8 Å². The van der Waals surface area contributed by atoms with Crippen molar-refractivity contribution in [2.24, 2.45) is 0 Å². The van der Waals surface area contributed by atoms with Crippen molar-refractivity contribution < 1.29 is 14.3 Å². The molecule has 0 aliphatic carbocycles. The van der Waals surface area contributed by atoms with Gasteiger partial charge in [-0.15, -0.1) is 22.7 Å². The molecule has 0 bridgehead atoms. The van der Waals surface area contributed by atoms with Crippen LogP contribution >= 0.6 is 54.5 Å². The zero-order valence-electron chi connectivity index (χ0n) is 30.1. The van der Waals surface area contributed by atoms with Gasteiger partial charge in [-0.05, 0) is 63.3 Å².